The highest BCUT2D eigenvalue weighted by atomic mass is 32.2. The fourth-order valence-corrected chi connectivity index (χ4v) is 2.86. The average molecular weight is 286 g/mol. The summed E-state index contributed by atoms with van der Waals surface area (Å²) in [6.07, 6.45) is 2.28. The van der Waals surface area contributed by atoms with Crippen molar-refractivity contribution in [1.82, 2.24) is 4.90 Å². The molecule has 0 atom stereocenters. The van der Waals surface area contributed by atoms with E-state index in [1.165, 1.54) is 0 Å². The van der Waals surface area contributed by atoms with Gasteiger partial charge in [-0.1, -0.05) is 18.7 Å². The summed E-state index contributed by atoms with van der Waals surface area (Å²) < 4.78 is 24.4. The minimum Gasteiger partial charge on any atom is -0.382 e. The van der Waals surface area contributed by atoms with Gasteiger partial charge in [-0.15, -0.1) is 0 Å². The monoisotopic (exact) mass is 286 g/mol. The Morgan fingerprint density at radius 2 is 1.89 bits per heavy atom. The second-order valence-corrected chi connectivity index (χ2v) is 5.82. The largest absolute Gasteiger partial charge is 0.382 e. The number of benzene rings is 1. The van der Waals surface area contributed by atoms with E-state index in [-0.39, 0.29) is 0 Å². The Morgan fingerprint density at radius 3 is 2.42 bits per heavy atom. The highest BCUT2D eigenvalue weighted by molar-refractivity contribution is 7.99. The molecule has 1 aromatic rings. The second kappa shape index (κ2) is 7.10. The van der Waals surface area contributed by atoms with Crippen LogP contribution in [0, 0.1) is 0 Å². The van der Waals surface area contributed by atoms with Gasteiger partial charge in [0.25, 0.3) is 5.76 Å². The van der Waals surface area contributed by atoms with E-state index in [2.05, 4.69) is 17.1 Å². The van der Waals surface area contributed by atoms with Crippen LogP contribution in [0.15, 0.2) is 29.2 Å². The zero-order chi connectivity index (χ0) is 13.7. The van der Waals surface area contributed by atoms with Crippen LogP contribution < -0.4 is 5.32 Å². The molecule has 1 heterocycles. The van der Waals surface area contributed by atoms with Gasteiger partial charge < -0.3 is 10.2 Å². The molecule has 1 aromatic carbocycles. The van der Waals surface area contributed by atoms with Crippen molar-refractivity contribution in [2.24, 2.45) is 0 Å². The molecule has 0 saturated carbocycles. The Morgan fingerprint density at radius 1 is 1.26 bits per heavy atom. The Hall–Kier alpha value is -0.810. The standard InChI is InChI=1S/C14H20F2N2S/c1-2-18-9-7-12(8-10-18)17-11-3-5-13(6-4-11)19-14(15)16/h3-6,12,14,17H,2,7-10H2,1H3. The van der Waals surface area contributed by atoms with Gasteiger partial charge >= 0.3 is 0 Å². The molecule has 1 aliphatic rings. The predicted molar refractivity (Wildman–Crippen MR) is 77.1 cm³/mol. The van der Waals surface area contributed by atoms with E-state index in [9.17, 15) is 8.78 Å². The number of thioether (sulfide) groups is 1. The maximum atomic E-state index is 12.2. The lowest BCUT2D eigenvalue weighted by Gasteiger charge is -2.32. The van der Waals surface area contributed by atoms with E-state index in [0.29, 0.717) is 22.7 Å². The number of likely N-dealkylation sites (tertiary alicyclic amines) is 1. The summed E-state index contributed by atoms with van der Waals surface area (Å²) in [6, 6.07) is 7.77. The third-order valence-electron chi connectivity index (χ3n) is 3.49. The van der Waals surface area contributed by atoms with E-state index in [1.54, 1.807) is 12.1 Å². The minimum atomic E-state index is -2.35. The molecule has 2 nitrogen and oxygen atoms in total. The van der Waals surface area contributed by atoms with Crippen LogP contribution in [-0.2, 0) is 0 Å². The first-order valence-corrected chi connectivity index (χ1v) is 7.59. The SMILES string of the molecule is CCN1CCC(Nc2ccc(SC(F)F)cc2)CC1. The molecular formula is C14H20F2N2S. The van der Waals surface area contributed by atoms with E-state index in [0.717, 1.165) is 38.2 Å². The van der Waals surface area contributed by atoms with Gasteiger partial charge in [0, 0.05) is 29.7 Å². The van der Waals surface area contributed by atoms with Crippen molar-refractivity contribution in [3.05, 3.63) is 24.3 Å². The van der Waals surface area contributed by atoms with Crippen molar-refractivity contribution in [3.8, 4) is 0 Å². The average Bonchev–Trinajstić information content (AvgIpc) is 2.41. The molecule has 0 aliphatic carbocycles. The van der Waals surface area contributed by atoms with Gasteiger partial charge in [-0.05, 0) is 43.7 Å². The normalized spacial score (nSPS) is 17.9. The molecule has 19 heavy (non-hydrogen) atoms. The Labute approximate surface area is 117 Å². The molecule has 0 spiro atoms. The lowest BCUT2D eigenvalue weighted by atomic mass is 10.0. The number of hydrogen-bond acceptors (Lipinski definition) is 3. The Kier molecular flexibility index (Phi) is 5.45. The van der Waals surface area contributed by atoms with Crippen molar-refractivity contribution >= 4 is 17.4 Å². The Balaban J connectivity index is 1.83. The molecule has 1 N–H and O–H groups in total. The van der Waals surface area contributed by atoms with E-state index < -0.39 is 5.76 Å². The highest BCUT2D eigenvalue weighted by Gasteiger charge is 2.17. The molecule has 106 valence electrons. The number of piperidine rings is 1. The van der Waals surface area contributed by atoms with Crippen LogP contribution in [0.4, 0.5) is 14.5 Å². The summed E-state index contributed by atoms with van der Waals surface area (Å²) in [7, 11) is 0. The number of hydrogen-bond donors (Lipinski definition) is 1. The van der Waals surface area contributed by atoms with E-state index in [1.807, 2.05) is 12.1 Å². The first-order chi connectivity index (χ1) is 9.17. The third-order valence-corrected chi connectivity index (χ3v) is 4.21. The van der Waals surface area contributed by atoms with E-state index in [4.69, 9.17) is 0 Å². The molecule has 0 unspecified atom stereocenters. The van der Waals surface area contributed by atoms with Gasteiger partial charge in [-0.2, -0.15) is 8.78 Å². The van der Waals surface area contributed by atoms with E-state index >= 15 is 0 Å². The van der Waals surface area contributed by atoms with Crippen LogP contribution in [0.25, 0.3) is 0 Å². The van der Waals surface area contributed by atoms with Crippen molar-refractivity contribution < 1.29 is 8.78 Å². The fourth-order valence-electron chi connectivity index (χ4n) is 2.36. The topological polar surface area (TPSA) is 15.3 Å². The summed E-state index contributed by atoms with van der Waals surface area (Å²) in [4.78, 5) is 3.06. The zero-order valence-electron chi connectivity index (χ0n) is 11.1. The Bertz CT molecular complexity index is 376. The predicted octanol–water partition coefficient (Wildman–Crippen LogP) is 3.90. The van der Waals surface area contributed by atoms with Crippen molar-refractivity contribution in [3.63, 3.8) is 0 Å². The first kappa shape index (κ1) is 14.6. The van der Waals surface area contributed by atoms with Gasteiger partial charge in [0.05, 0.1) is 0 Å². The molecular weight excluding hydrogens is 266 g/mol. The van der Waals surface area contributed by atoms with Gasteiger partial charge in [0.2, 0.25) is 0 Å². The van der Waals surface area contributed by atoms with Crippen LogP contribution in [0.5, 0.6) is 0 Å². The molecule has 0 bridgehead atoms. The molecule has 1 saturated heterocycles. The van der Waals surface area contributed by atoms with Gasteiger partial charge in [-0.25, -0.2) is 0 Å². The summed E-state index contributed by atoms with van der Waals surface area (Å²) >= 11 is 0.589. The summed E-state index contributed by atoms with van der Waals surface area (Å²) in [5.74, 6) is -2.35. The van der Waals surface area contributed by atoms with Gasteiger partial charge in [0.15, 0.2) is 0 Å². The molecule has 0 amide bonds. The van der Waals surface area contributed by atoms with Crippen LogP contribution >= 0.6 is 11.8 Å². The lowest BCUT2D eigenvalue weighted by Crippen LogP contribution is -2.38. The van der Waals surface area contributed by atoms with Gasteiger partial charge in [0.1, 0.15) is 0 Å². The van der Waals surface area contributed by atoms with Crippen LogP contribution in [0.1, 0.15) is 19.8 Å². The number of alkyl halides is 2. The summed E-state index contributed by atoms with van der Waals surface area (Å²) in [5, 5.41) is 3.48. The molecule has 1 fully saturated rings. The first-order valence-electron chi connectivity index (χ1n) is 6.71. The van der Waals surface area contributed by atoms with Crippen LogP contribution in [-0.4, -0.2) is 36.3 Å². The molecule has 0 radical (unpaired) electrons. The van der Waals surface area contributed by atoms with Crippen LogP contribution in [0.2, 0.25) is 0 Å². The van der Waals surface area contributed by atoms with Crippen molar-refractivity contribution in [1.29, 1.82) is 0 Å². The smallest absolute Gasteiger partial charge is 0.288 e. The number of anilines is 1. The molecule has 2 rings (SSSR count). The quantitative estimate of drug-likeness (QED) is 0.827. The maximum absolute atomic E-state index is 12.2. The zero-order valence-corrected chi connectivity index (χ0v) is 11.9. The van der Waals surface area contributed by atoms with Crippen LogP contribution in [0.3, 0.4) is 0 Å². The van der Waals surface area contributed by atoms with Crippen molar-refractivity contribution in [2.45, 2.75) is 36.5 Å². The molecule has 0 aromatic heterocycles. The number of nitrogens with zero attached hydrogens (tertiary/aromatic N) is 1. The summed E-state index contributed by atoms with van der Waals surface area (Å²) in [5.41, 5.74) is 1.02. The number of halogens is 2. The number of rotatable bonds is 5. The molecule has 1 aliphatic heterocycles. The van der Waals surface area contributed by atoms with Gasteiger partial charge in [-0.3, -0.25) is 0 Å². The maximum Gasteiger partial charge on any atom is 0.288 e. The van der Waals surface area contributed by atoms with Crippen molar-refractivity contribution in [2.75, 3.05) is 25.0 Å². The third kappa shape index (κ3) is 4.66. The second-order valence-electron chi connectivity index (χ2n) is 4.76. The lowest BCUT2D eigenvalue weighted by molar-refractivity contribution is 0.229. The molecule has 5 heteroatoms. The number of nitrogens with one attached hydrogen (secondary N) is 1. The minimum absolute atomic E-state index is 0.497. The summed E-state index contributed by atoms with van der Waals surface area (Å²) in [6.45, 7) is 5.57. The fraction of sp³-hybridized carbons (Fsp3) is 0.571. The highest BCUT2D eigenvalue weighted by Crippen LogP contribution is 2.26.